The first-order valence-electron chi connectivity index (χ1n) is 3.76. The molecule has 4 heteroatoms. The molecular weight excluding hydrogens is 176 g/mol. The van der Waals surface area contributed by atoms with Crippen molar-refractivity contribution in [2.75, 3.05) is 0 Å². The number of hydrogen-bond acceptors (Lipinski definition) is 3. The summed E-state index contributed by atoms with van der Waals surface area (Å²) in [4.78, 5) is 7.99. The number of aromatic nitrogens is 2. The number of rotatable bonds is 2. The highest BCUT2D eigenvalue weighted by Gasteiger charge is 2.13. The van der Waals surface area contributed by atoms with Crippen LogP contribution in [0.15, 0.2) is 12.4 Å². The van der Waals surface area contributed by atoms with Crippen molar-refractivity contribution in [3.63, 3.8) is 0 Å². The monoisotopic (exact) mass is 186 g/mol. The van der Waals surface area contributed by atoms with Gasteiger partial charge in [-0.1, -0.05) is 18.5 Å². The Balaban J connectivity index is 2.82. The standard InChI is InChI=1S/C8H11ClN2O/c1-5(6(2)12)8-10-3-7(9)4-11-8/h3-6,12H,1-2H3. The molecule has 0 aromatic carbocycles. The van der Waals surface area contributed by atoms with Crippen molar-refractivity contribution in [1.29, 1.82) is 0 Å². The molecule has 2 unspecified atom stereocenters. The van der Waals surface area contributed by atoms with E-state index < -0.39 is 6.10 Å². The molecular formula is C8H11ClN2O. The third-order valence-electron chi connectivity index (χ3n) is 1.77. The van der Waals surface area contributed by atoms with E-state index in [0.29, 0.717) is 10.8 Å². The number of aliphatic hydroxyl groups excluding tert-OH is 1. The van der Waals surface area contributed by atoms with Crippen molar-refractivity contribution in [3.05, 3.63) is 23.2 Å². The fourth-order valence-corrected chi connectivity index (χ4v) is 0.871. The lowest BCUT2D eigenvalue weighted by Crippen LogP contribution is -2.13. The summed E-state index contributed by atoms with van der Waals surface area (Å²) in [6, 6.07) is 0. The Morgan fingerprint density at radius 1 is 1.33 bits per heavy atom. The first kappa shape index (κ1) is 9.42. The second kappa shape index (κ2) is 3.83. The van der Waals surface area contributed by atoms with Gasteiger partial charge in [0.25, 0.3) is 0 Å². The van der Waals surface area contributed by atoms with Crippen LogP contribution in [-0.2, 0) is 0 Å². The SMILES string of the molecule is CC(O)C(C)c1ncc(Cl)cn1. The summed E-state index contributed by atoms with van der Waals surface area (Å²) < 4.78 is 0. The van der Waals surface area contributed by atoms with Gasteiger partial charge in [-0.05, 0) is 6.92 Å². The van der Waals surface area contributed by atoms with E-state index in [2.05, 4.69) is 9.97 Å². The maximum Gasteiger partial charge on any atom is 0.133 e. The van der Waals surface area contributed by atoms with Crippen molar-refractivity contribution in [2.24, 2.45) is 0 Å². The van der Waals surface area contributed by atoms with E-state index in [1.807, 2.05) is 6.92 Å². The second-order valence-electron chi connectivity index (χ2n) is 2.79. The molecule has 12 heavy (non-hydrogen) atoms. The molecule has 0 aliphatic rings. The molecule has 0 saturated heterocycles. The zero-order valence-corrected chi connectivity index (χ0v) is 7.78. The summed E-state index contributed by atoms with van der Waals surface area (Å²) in [7, 11) is 0. The highest BCUT2D eigenvalue weighted by Crippen LogP contribution is 2.15. The van der Waals surface area contributed by atoms with Crippen LogP contribution in [-0.4, -0.2) is 21.2 Å². The van der Waals surface area contributed by atoms with Gasteiger partial charge in [0.15, 0.2) is 0 Å². The minimum absolute atomic E-state index is 0.0535. The molecule has 2 atom stereocenters. The topological polar surface area (TPSA) is 46.0 Å². The largest absolute Gasteiger partial charge is 0.393 e. The van der Waals surface area contributed by atoms with Crippen molar-refractivity contribution >= 4 is 11.6 Å². The molecule has 3 nitrogen and oxygen atoms in total. The second-order valence-corrected chi connectivity index (χ2v) is 3.23. The smallest absolute Gasteiger partial charge is 0.133 e. The quantitative estimate of drug-likeness (QED) is 0.764. The van der Waals surface area contributed by atoms with Crippen LogP contribution in [0.1, 0.15) is 25.6 Å². The zero-order chi connectivity index (χ0) is 9.14. The lowest BCUT2D eigenvalue weighted by Gasteiger charge is -2.11. The number of halogens is 1. The van der Waals surface area contributed by atoms with Crippen LogP contribution < -0.4 is 0 Å². The molecule has 0 amide bonds. The van der Waals surface area contributed by atoms with Gasteiger partial charge >= 0.3 is 0 Å². The van der Waals surface area contributed by atoms with E-state index in [-0.39, 0.29) is 5.92 Å². The van der Waals surface area contributed by atoms with E-state index in [1.165, 1.54) is 12.4 Å². The zero-order valence-electron chi connectivity index (χ0n) is 7.03. The van der Waals surface area contributed by atoms with E-state index in [0.717, 1.165) is 0 Å². The summed E-state index contributed by atoms with van der Waals surface area (Å²) in [6.07, 6.45) is 2.62. The minimum atomic E-state index is -0.439. The highest BCUT2D eigenvalue weighted by atomic mass is 35.5. The average molecular weight is 187 g/mol. The highest BCUT2D eigenvalue weighted by molar-refractivity contribution is 6.30. The Kier molecular flexibility index (Phi) is 3.00. The van der Waals surface area contributed by atoms with Crippen molar-refractivity contribution in [2.45, 2.75) is 25.9 Å². The Hall–Kier alpha value is -0.670. The third kappa shape index (κ3) is 2.16. The Morgan fingerprint density at radius 2 is 1.83 bits per heavy atom. The molecule has 1 aromatic rings. The van der Waals surface area contributed by atoms with Crippen LogP contribution in [0.2, 0.25) is 5.02 Å². The molecule has 0 aliphatic carbocycles. The van der Waals surface area contributed by atoms with Crippen LogP contribution >= 0.6 is 11.6 Å². The molecule has 66 valence electrons. The van der Waals surface area contributed by atoms with Gasteiger partial charge in [-0.25, -0.2) is 9.97 Å². The number of nitrogens with zero attached hydrogens (tertiary/aromatic N) is 2. The molecule has 0 fully saturated rings. The van der Waals surface area contributed by atoms with Gasteiger partial charge in [-0.3, -0.25) is 0 Å². The first-order valence-corrected chi connectivity index (χ1v) is 4.14. The van der Waals surface area contributed by atoms with Gasteiger partial charge in [-0.15, -0.1) is 0 Å². The lowest BCUT2D eigenvalue weighted by atomic mass is 10.1. The number of aliphatic hydroxyl groups is 1. The van der Waals surface area contributed by atoms with Crippen LogP contribution in [0.5, 0.6) is 0 Å². The normalized spacial score (nSPS) is 15.7. The van der Waals surface area contributed by atoms with Gasteiger partial charge in [-0.2, -0.15) is 0 Å². The number of hydrogen-bond donors (Lipinski definition) is 1. The molecule has 0 bridgehead atoms. The van der Waals surface area contributed by atoms with Crippen LogP contribution in [0.4, 0.5) is 0 Å². The Bertz CT molecular complexity index is 248. The molecule has 1 N–H and O–H groups in total. The maximum atomic E-state index is 9.23. The minimum Gasteiger partial charge on any atom is -0.393 e. The molecule has 0 saturated carbocycles. The van der Waals surface area contributed by atoms with E-state index in [1.54, 1.807) is 6.92 Å². The van der Waals surface area contributed by atoms with Gasteiger partial charge in [0.1, 0.15) is 5.82 Å². The molecule has 0 radical (unpaired) electrons. The fourth-order valence-electron chi connectivity index (χ4n) is 0.773. The van der Waals surface area contributed by atoms with E-state index in [9.17, 15) is 5.11 Å². The Morgan fingerprint density at radius 3 is 2.25 bits per heavy atom. The van der Waals surface area contributed by atoms with Crippen molar-refractivity contribution < 1.29 is 5.11 Å². The van der Waals surface area contributed by atoms with E-state index in [4.69, 9.17) is 11.6 Å². The summed E-state index contributed by atoms with van der Waals surface area (Å²) in [5.74, 6) is 0.566. The first-order chi connectivity index (χ1) is 5.61. The molecule has 1 rings (SSSR count). The third-order valence-corrected chi connectivity index (χ3v) is 1.97. The molecule has 0 aliphatic heterocycles. The predicted molar refractivity (Wildman–Crippen MR) is 47.1 cm³/mol. The van der Waals surface area contributed by atoms with Crippen molar-refractivity contribution in [1.82, 2.24) is 9.97 Å². The summed E-state index contributed by atoms with van der Waals surface area (Å²) in [5.41, 5.74) is 0. The summed E-state index contributed by atoms with van der Waals surface area (Å²) in [6.45, 7) is 3.58. The molecule has 1 aromatic heterocycles. The fraction of sp³-hybridized carbons (Fsp3) is 0.500. The van der Waals surface area contributed by atoms with Gasteiger partial charge in [0.2, 0.25) is 0 Å². The van der Waals surface area contributed by atoms with Crippen LogP contribution in [0, 0.1) is 0 Å². The van der Waals surface area contributed by atoms with Crippen LogP contribution in [0.25, 0.3) is 0 Å². The average Bonchev–Trinajstić information content (AvgIpc) is 2.04. The maximum absolute atomic E-state index is 9.23. The van der Waals surface area contributed by atoms with Gasteiger partial charge in [0, 0.05) is 18.3 Å². The van der Waals surface area contributed by atoms with Gasteiger partial charge < -0.3 is 5.11 Å². The van der Waals surface area contributed by atoms with Crippen molar-refractivity contribution in [3.8, 4) is 0 Å². The molecule has 0 spiro atoms. The summed E-state index contributed by atoms with van der Waals surface area (Å²) >= 11 is 5.61. The predicted octanol–water partition coefficient (Wildman–Crippen LogP) is 1.61. The Labute approximate surface area is 76.4 Å². The van der Waals surface area contributed by atoms with E-state index >= 15 is 0 Å². The van der Waals surface area contributed by atoms with Gasteiger partial charge in [0.05, 0.1) is 11.1 Å². The molecule has 1 heterocycles. The van der Waals surface area contributed by atoms with Crippen LogP contribution in [0.3, 0.4) is 0 Å². The summed E-state index contributed by atoms with van der Waals surface area (Å²) in [5, 5.41) is 9.74. The lowest BCUT2D eigenvalue weighted by molar-refractivity contribution is 0.165.